The number of rotatable bonds is 13. The molecule has 0 aliphatic heterocycles. The quantitative estimate of drug-likeness (QED) is 0.315. The molecule has 8 nitrogen and oxygen atoms in total. The van der Waals surface area contributed by atoms with Crippen LogP contribution < -0.4 is 15.8 Å². The van der Waals surface area contributed by atoms with Crippen LogP contribution in [0.3, 0.4) is 0 Å². The lowest BCUT2D eigenvalue weighted by Crippen LogP contribution is -2.36. The first-order chi connectivity index (χ1) is 14.5. The lowest BCUT2D eigenvalue weighted by atomic mass is 10.1. The van der Waals surface area contributed by atoms with Gasteiger partial charge in [0.1, 0.15) is 12.4 Å². The largest absolute Gasteiger partial charge is 0.486 e. The van der Waals surface area contributed by atoms with E-state index in [9.17, 15) is 9.59 Å². The first-order valence-electron chi connectivity index (χ1n) is 10.0. The molecule has 164 valence electrons. The molecule has 3 N–H and O–H groups in total. The Morgan fingerprint density at radius 2 is 1.83 bits per heavy atom. The SMILES string of the molecule is CCCCCCCCn1c(COc2ccc(Br)cc2)nnc1SCC(=O)NC(N)=O. The summed E-state index contributed by atoms with van der Waals surface area (Å²) in [5.41, 5.74) is 4.98. The fraction of sp³-hybridized carbons (Fsp3) is 0.500. The second kappa shape index (κ2) is 13.3. The van der Waals surface area contributed by atoms with E-state index in [1.807, 2.05) is 28.8 Å². The molecule has 0 saturated heterocycles. The van der Waals surface area contributed by atoms with Gasteiger partial charge in [-0.2, -0.15) is 0 Å². The standard InChI is InChI=1S/C20H28BrN5O3S/c1-2-3-4-5-6-7-12-26-17(13-29-16-10-8-15(21)9-11-16)24-25-20(26)30-14-18(27)23-19(22)28/h8-11H,2-7,12-14H2,1H3,(H3,22,23,27,28). The number of halogens is 1. The summed E-state index contributed by atoms with van der Waals surface area (Å²) in [6.45, 7) is 3.23. The monoisotopic (exact) mass is 497 g/mol. The van der Waals surface area contributed by atoms with Gasteiger partial charge in [0.05, 0.1) is 5.75 Å². The third-order valence-electron chi connectivity index (χ3n) is 4.31. The number of amides is 3. The minimum absolute atomic E-state index is 0.0329. The predicted octanol–water partition coefficient (Wildman–Crippen LogP) is 4.27. The van der Waals surface area contributed by atoms with Gasteiger partial charge >= 0.3 is 6.03 Å². The van der Waals surface area contributed by atoms with Crippen LogP contribution in [0.5, 0.6) is 5.75 Å². The molecule has 3 amide bonds. The van der Waals surface area contributed by atoms with E-state index in [-0.39, 0.29) is 12.4 Å². The second-order valence-corrected chi connectivity index (χ2v) is 8.62. The van der Waals surface area contributed by atoms with Gasteiger partial charge < -0.3 is 15.0 Å². The van der Waals surface area contributed by atoms with Gasteiger partial charge in [-0.25, -0.2) is 4.79 Å². The van der Waals surface area contributed by atoms with Crippen molar-refractivity contribution in [3.8, 4) is 5.75 Å². The van der Waals surface area contributed by atoms with Crippen LogP contribution >= 0.6 is 27.7 Å². The van der Waals surface area contributed by atoms with E-state index in [1.165, 1.54) is 37.4 Å². The topological polar surface area (TPSA) is 112 Å². The Balaban J connectivity index is 1.98. The summed E-state index contributed by atoms with van der Waals surface area (Å²) in [5.74, 6) is 1.01. The molecule has 0 atom stereocenters. The minimum atomic E-state index is -0.863. The van der Waals surface area contributed by atoms with Crippen LogP contribution in [0.1, 0.15) is 51.3 Å². The van der Waals surface area contributed by atoms with Crippen LogP contribution in [0.15, 0.2) is 33.9 Å². The van der Waals surface area contributed by atoms with Gasteiger partial charge in [0.2, 0.25) is 5.91 Å². The van der Waals surface area contributed by atoms with E-state index < -0.39 is 11.9 Å². The molecule has 10 heteroatoms. The number of imide groups is 1. The van der Waals surface area contributed by atoms with Crippen LogP contribution in [0.25, 0.3) is 0 Å². The zero-order valence-corrected chi connectivity index (χ0v) is 19.5. The summed E-state index contributed by atoms with van der Waals surface area (Å²) >= 11 is 4.63. The molecule has 1 heterocycles. The number of nitrogens with two attached hydrogens (primary N) is 1. The van der Waals surface area contributed by atoms with Gasteiger partial charge in [-0.1, -0.05) is 66.7 Å². The number of aromatic nitrogens is 3. The first-order valence-corrected chi connectivity index (χ1v) is 11.8. The molecular formula is C20H28BrN5O3S. The fourth-order valence-electron chi connectivity index (χ4n) is 2.79. The van der Waals surface area contributed by atoms with Gasteiger partial charge in [-0.3, -0.25) is 10.1 Å². The minimum Gasteiger partial charge on any atom is -0.486 e. The number of ether oxygens (including phenoxy) is 1. The zero-order valence-electron chi connectivity index (χ0n) is 17.1. The van der Waals surface area contributed by atoms with Crippen molar-refractivity contribution < 1.29 is 14.3 Å². The highest BCUT2D eigenvalue weighted by Crippen LogP contribution is 2.21. The van der Waals surface area contributed by atoms with Crippen LogP contribution in [0.4, 0.5) is 4.79 Å². The summed E-state index contributed by atoms with van der Waals surface area (Å²) in [6, 6.07) is 6.71. The van der Waals surface area contributed by atoms with E-state index in [4.69, 9.17) is 10.5 Å². The molecule has 0 spiro atoms. The number of urea groups is 1. The highest BCUT2D eigenvalue weighted by Gasteiger charge is 2.15. The summed E-state index contributed by atoms with van der Waals surface area (Å²) < 4.78 is 8.81. The molecule has 0 aliphatic carbocycles. The molecule has 0 saturated carbocycles. The number of carbonyl (C=O) groups excluding carboxylic acids is 2. The Labute approximate surface area is 189 Å². The van der Waals surface area contributed by atoms with Gasteiger partial charge in [0.25, 0.3) is 0 Å². The van der Waals surface area contributed by atoms with E-state index in [1.54, 1.807) is 0 Å². The lowest BCUT2D eigenvalue weighted by molar-refractivity contribution is -0.117. The number of thioether (sulfide) groups is 1. The van der Waals surface area contributed by atoms with Crippen LogP contribution in [-0.4, -0.2) is 32.5 Å². The maximum Gasteiger partial charge on any atom is 0.318 e. The molecule has 0 bridgehead atoms. The highest BCUT2D eigenvalue weighted by atomic mass is 79.9. The average Bonchev–Trinajstić information content (AvgIpc) is 3.10. The van der Waals surface area contributed by atoms with Gasteiger partial charge in [0, 0.05) is 11.0 Å². The molecule has 0 unspecified atom stereocenters. The molecule has 1 aromatic heterocycles. The third kappa shape index (κ3) is 8.74. The van der Waals surface area contributed by atoms with Gasteiger partial charge in [0.15, 0.2) is 11.0 Å². The molecule has 2 rings (SSSR count). The summed E-state index contributed by atoms with van der Waals surface area (Å²) in [6.07, 6.45) is 7.04. The fourth-order valence-corrected chi connectivity index (χ4v) is 3.84. The van der Waals surface area contributed by atoms with E-state index in [0.717, 1.165) is 29.6 Å². The lowest BCUT2D eigenvalue weighted by Gasteiger charge is -2.11. The zero-order chi connectivity index (χ0) is 21.8. The Morgan fingerprint density at radius 3 is 2.53 bits per heavy atom. The first kappa shape index (κ1) is 24.2. The third-order valence-corrected chi connectivity index (χ3v) is 5.80. The molecule has 30 heavy (non-hydrogen) atoms. The number of hydrogen-bond acceptors (Lipinski definition) is 6. The molecular weight excluding hydrogens is 470 g/mol. The van der Waals surface area contributed by atoms with Crippen molar-refractivity contribution in [1.29, 1.82) is 0 Å². The Kier molecular flexibility index (Phi) is 10.7. The highest BCUT2D eigenvalue weighted by molar-refractivity contribution is 9.10. The Bertz CT molecular complexity index is 813. The van der Waals surface area contributed by atoms with Crippen LogP contribution in [-0.2, 0) is 17.9 Å². The van der Waals surface area contributed by atoms with Crippen LogP contribution in [0.2, 0.25) is 0 Å². The number of benzene rings is 1. The van der Waals surface area contributed by atoms with Crippen molar-refractivity contribution in [2.45, 2.75) is 63.8 Å². The van der Waals surface area contributed by atoms with Crippen molar-refractivity contribution >= 4 is 39.6 Å². The van der Waals surface area contributed by atoms with Crippen molar-refractivity contribution in [1.82, 2.24) is 20.1 Å². The average molecular weight is 498 g/mol. The van der Waals surface area contributed by atoms with Crippen LogP contribution in [0, 0.1) is 0 Å². The molecule has 0 aliphatic rings. The second-order valence-electron chi connectivity index (χ2n) is 6.76. The van der Waals surface area contributed by atoms with Crippen molar-refractivity contribution in [3.05, 3.63) is 34.6 Å². The smallest absolute Gasteiger partial charge is 0.318 e. The van der Waals surface area contributed by atoms with Crippen molar-refractivity contribution in [2.75, 3.05) is 5.75 Å². The van der Waals surface area contributed by atoms with Crippen molar-refractivity contribution in [2.24, 2.45) is 5.73 Å². The number of unbranched alkanes of at least 4 members (excludes halogenated alkanes) is 5. The van der Waals surface area contributed by atoms with E-state index >= 15 is 0 Å². The normalized spacial score (nSPS) is 10.7. The van der Waals surface area contributed by atoms with E-state index in [2.05, 4.69) is 38.4 Å². The summed E-state index contributed by atoms with van der Waals surface area (Å²) in [4.78, 5) is 22.5. The summed E-state index contributed by atoms with van der Waals surface area (Å²) in [5, 5.41) is 11.1. The molecule has 0 fully saturated rings. The number of nitrogens with zero attached hydrogens (tertiary/aromatic N) is 3. The Morgan fingerprint density at radius 1 is 1.13 bits per heavy atom. The van der Waals surface area contributed by atoms with Gasteiger partial charge in [-0.05, 0) is 30.7 Å². The predicted molar refractivity (Wildman–Crippen MR) is 120 cm³/mol. The summed E-state index contributed by atoms with van der Waals surface area (Å²) in [7, 11) is 0. The number of primary amides is 1. The van der Waals surface area contributed by atoms with Gasteiger partial charge in [-0.15, -0.1) is 10.2 Å². The maximum atomic E-state index is 11.7. The Hall–Kier alpha value is -2.07. The number of nitrogens with one attached hydrogen (secondary N) is 1. The number of hydrogen-bond donors (Lipinski definition) is 2. The maximum absolute atomic E-state index is 11.7. The van der Waals surface area contributed by atoms with E-state index in [0.29, 0.717) is 11.0 Å². The molecule has 1 aromatic carbocycles. The number of carbonyl (C=O) groups is 2. The molecule has 0 radical (unpaired) electrons. The molecule has 2 aromatic rings. The van der Waals surface area contributed by atoms with Crippen molar-refractivity contribution in [3.63, 3.8) is 0 Å².